The molecule has 0 amide bonds. The van der Waals surface area contributed by atoms with Crippen molar-refractivity contribution in [3.63, 3.8) is 0 Å². The second-order valence-corrected chi connectivity index (χ2v) is 4.81. The molecule has 0 aromatic heterocycles. The van der Waals surface area contributed by atoms with E-state index in [2.05, 4.69) is 0 Å². The molecule has 5 nitrogen and oxygen atoms in total. The molecule has 104 valence electrons. The van der Waals surface area contributed by atoms with Crippen molar-refractivity contribution in [1.82, 2.24) is 0 Å². The predicted octanol–water partition coefficient (Wildman–Crippen LogP) is 1.22. The highest BCUT2D eigenvalue weighted by Crippen LogP contribution is 2.33. The zero-order valence-electron chi connectivity index (χ0n) is 10.8. The van der Waals surface area contributed by atoms with Crippen LogP contribution in [0.3, 0.4) is 0 Å². The van der Waals surface area contributed by atoms with Crippen LogP contribution in [0.2, 0.25) is 0 Å². The summed E-state index contributed by atoms with van der Waals surface area (Å²) >= 11 is 0. The zero-order chi connectivity index (χ0) is 13.2. The molecular formula is C14H18O5. The first-order chi connectivity index (χ1) is 9.28. The van der Waals surface area contributed by atoms with Crippen LogP contribution in [0, 0.1) is 0 Å². The average Bonchev–Trinajstić information content (AvgIpc) is 2.47. The fraction of sp³-hybridized carbons (Fsp3) is 0.571. The van der Waals surface area contributed by atoms with E-state index in [-0.39, 0.29) is 6.10 Å². The van der Waals surface area contributed by atoms with Crippen molar-refractivity contribution >= 4 is 0 Å². The molecule has 0 aliphatic carbocycles. The number of hydrogen-bond donors (Lipinski definition) is 1. The molecule has 5 unspecified atom stereocenters. The van der Waals surface area contributed by atoms with Gasteiger partial charge in [0.2, 0.25) is 0 Å². The summed E-state index contributed by atoms with van der Waals surface area (Å²) in [5.74, 6) is 0. The normalized spacial score (nSPS) is 38.7. The summed E-state index contributed by atoms with van der Waals surface area (Å²) in [5, 5.41) is 10.1. The number of methoxy groups -OCH3 is 1. The minimum absolute atomic E-state index is 0.167. The minimum Gasteiger partial charge on any atom is -0.390 e. The maximum atomic E-state index is 10.1. The average molecular weight is 266 g/mol. The first-order valence-electron chi connectivity index (χ1n) is 6.46. The van der Waals surface area contributed by atoms with Crippen LogP contribution < -0.4 is 0 Å². The molecule has 2 aliphatic rings. The van der Waals surface area contributed by atoms with Gasteiger partial charge in [0.15, 0.2) is 12.6 Å². The number of benzene rings is 1. The third-order valence-electron chi connectivity index (χ3n) is 3.53. The molecule has 2 heterocycles. The molecule has 3 rings (SSSR count). The Morgan fingerprint density at radius 3 is 2.74 bits per heavy atom. The van der Waals surface area contributed by atoms with Gasteiger partial charge in [-0.3, -0.25) is 0 Å². The predicted molar refractivity (Wildman–Crippen MR) is 66.3 cm³/mol. The van der Waals surface area contributed by atoms with Gasteiger partial charge in [-0.2, -0.15) is 0 Å². The van der Waals surface area contributed by atoms with Gasteiger partial charge >= 0.3 is 0 Å². The quantitative estimate of drug-likeness (QED) is 0.872. The zero-order valence-corrected chi connectivity index (χ0v) is 10.8. The highest BCUT2D eigenvalue weighted by molar-refractivity contribution is 5.18. The number of aliphatic hydroxyl groups excluding tert-OH is 1. The van der Waals surface area contributed by atoms with Crippen molar-refractivity contribution in [2.45, 2.75) is 37.3 Å². The van der Waals surface area contributed by atoms with Crippen molar-refractivity contribution in [1.29, 1.82) is 0 Å². The van der Waals surface area contributed by atoms with Crippen molar-refractivity contribution in [3.8, 4) is 0 Å². The van der Waals surface area contributed by atoms with E-state index < -0.39 is 24.8 Å². The van der Waals surface area contributed by atoms with E-state index in [9.17, 15) is 5.11 Å². The van der Waals surface area contributed by atoms with E-state index >= 15 is 0 Å². The highest BCUT2D eigenvalue weighted by Gasteiger charge is 2.44. The fourth-order valence-corrected chi connectivity index (χ4v) is 2.49. The molecule has 5 atom stereocenters. The van der Waals surface area contributed by atoms with Crippen molar-refractivity contribution in [2.24, 2.45) is 0 Å². The molecule has 2 aliphatic heterocycles. The molecule has 2 saturated heterocycles. The van der Waals surface area contributed by atoms with Crippen molar-refractivity contribution in [2.75, 3.05) is 13.7 Å². The van der Waals surface area contributed by atoms with Gasteiger partial charge in [0.05, 0.1) is 12.7 Å². The Kier molecular flexibility index (Phi) is 3.81. The summed E-state index contributed by atoms with van der Waals surface area (Å²) < 4.78 is 22.3. The van der Waals surface area contributed by atoms with Crippen LogP contribution in [0.5, 0.6) is 0 Å². The summed E-state index contributed by atoms with van der Waals surface area (Å²) in [7, 11) is 1.55. The van der Waals surface area contributed by atoms with E-state index in [1.807, 2.05) is 30.3 Å². The molecule has 0 radical (unpaired) electrons. The molecule has 1 aromatic rings. The lowest BCUT2D eigenvalue weighted by Crippen LogP contribution is -2.54. The lowest BCUT2D eigenvalue weighted by Gasteiger charge is -2.43. The summed E-state index contributed by atoms with van der Waals surface area (Å²) in [5.41, 5.74) is 1.04. The molecule has 5 heteroatoms. The van der Waals surface area contributed by atoms with Crippen LogP contribution in [0.1, 0.15) is 18.1 Å². The lowest BCUT2D eigenvalue weighted by atomic mass is 10.0. The van der Waals surface area contributed by atoms with Crippen LogP contribution in [0.4, 0.5) is 0 Å². The van der Waals surface area contributed by atoms with Crippen molar-refractivity contribution < 1.29 is 24.1 Å². The first kappa shape index (κ1) is 13.0. The molecule has 1 aromatic carbocycles. The molecular weight excluding hydrogens is 248 g/mol. The Labute approximate surface area is 112 Å². The summed E-state index contributed by atoms with van der Waals surface area (Å²) in [6.45, 7) is 0.411. The molecule has 1 N–H and O–H groups in total. The van der Waals surface area contributed by atoms with Gasteiger partial charge in [-0.05, 0) is 5.56 Å². The smallest absolute Gasteiger partial charge is 0.189 e. The molecule has 19 heavy (non-hydrogen) atoms. The van der Waals surface area contributed by atoms with Crippen LogP contribution >= 0.6 is 0 Å². The Morgan fingerprint density at radius 2 is 2.00 bits per heavy atom. The van der Waals surface area contributed by atoms with E-state index in [1.165, 1.54) is 0 Å². The summed E-state index contributed by atoms with van der Waals surface area (Å²) in [6.07, 6.45) is -1.88. The third-order valence-corrected chi connectivity index (χ3v) is 3.53. The lowest BCUT2D eigenvalue weighted by molar-refractivity contribution is -0.357. The Balaban J connectivity index is 1.70. The monoisotopic (exact) mass is 266 g/mol. The van der Waals surface area contributed by atoms with Gasteiger partial charge in [-0.15, -0.1) is 0 Å². The third kappa shape index (κ3) is 2.66. The Bertz CT molecular complexity index is 410. The summed E-state index contributed by atoms with van der Waals surface area (Å²) in [6, 6.07) is 9.85. The molecule has 0 saturated carbocycles. The van der Waals surface area contributed by atoms with E-state index in [0.29, 0.717) is 13.0 Å². The van der Waals surface area contributed by atoms with Gasteiger partial charge < -0.3 is 24.1 Å². The number of aliphatic hydroxyl groups is 1. The summed E-state index contributed by atoms with van der Waals surface area (Å²) in [4.78, 5) is 0. The largest absolute Gasteiger partial charge is 0.390 e. The number of fused-ring (bicyclic) bond motifs is 1. The maximum absolute atomic E-state index is 10.1. The molecule has 0 bridgehead atoms. The number of hydrogen-bond acceptors (Lipinski definition) is 5. The van der Waals surface area contributed by atoms with Gasteiger partial charge in [0.1, 0.15) is 12.2 Å². The van der Waals surface area contributed by atoms with Crippen LogP contribution in [-0.2, 0) is 18.9 Å². The second kappa shape index (κ2) is 5.56. The van der Waals surface area contributed by atoms with E-state index in [4.69, 9.17) is 18.9 Å². The number of ether oxygens (including phenoxy) is 4. The van der Waals surface area contributed by atoms with Crippen molar-refractivity contribution in [3.05, 3.63) is 35.9 Å². The highest BCUT2D eigenvalue weighted by atomic mass is 16.8. The standard InChI is InChI=1S/C14H18O5/c1-16-12-7-10(15)13-14(19-12)17-8-11(18-13)9-5-3-2-4-6-9/h2-6,10-15H,7-8H2,1H3. The van der Waals surface area contributed by atoms with Crippen LogP contribution in [0.25, 0.3) is 0 Å². The van der Waals surface area contributed by atoms with Crippen LogP contribution in [-0.4, -0.2) is 43.6 Å². The molecule has 0 spiro atoms. The molecule has 2 fully saturated rings. The van der Waals surface area contributed by atoms with Crippen LogP contribution in [0.15, 0.2) is 30.3 Å². The van der Waals surface area contributed by atoms with Gasteiger partial charge in [0.25, 0.3) is 0 Å². The topological polar surface area (TPSA) is 57.2 Å². The van der Waals surface area contributed by atoms with E-state index in [0.717, 1.165) is 5.56 Å². The van der Waals surface area contributed by atoms with Gasteiger partial charge in [-0.1, -0.05) is 30.3 Å². The van der Waals surface area contributed by atoms with Gasteiger partial charge in [0, 0.05) is 13.5 Å². The SMILES string of the molecule is COC1CC(O)C2OC(c3ccccc3)COC2O1. The minimum atomic E-state index is -0.643. The Morgan fingerprint density at radius 1 is 1.21 bits per heavy atom. The van der Waals surface area contributed by atoms with E-state index in [1.54, 1.807) is 7.11 Å². The first-order valence-corrected chi connectivity index (χ1v) is 6.46. The maximum Gasteiger partial charge on any atom is 0.189 e. The fourth-order valence-electron chi connectivity index (χ4n) is 2.49. The second-order valence-electron chi connectivity index (χ2n) is 4.81. The number of rotatable bonds is 2. The Hall–Kier alpha value is -0.980. The van der Waals surface area contributed by atoms with Gasteiger partial charge in [-0.25, -0.2) is 0 Å².